The van der Waals surface area contributed by atoms with Crippen molar-refractivity contribution in [2.45, 2.75) is 28.4 Å². The summed E-state index contributed by atoms with van der Waals surface area (Å²) < 4.78 is 22.5. The summed E-state index contributed by atoms with van der Waals surface area (Å²) in [4.78, 5) is 13.3. The summed E-state index contributed by atoms with van der Waals surface area (Å²) in [6, 6.07) is 13.0. The topological polar surface area (TPSA) is 89.3 Å². The van der Waals surface area contributed by atoms with E-state index in [1.165, 1.54) is 36.0 Å². The van der Waals surface area contributed by atoms with E-state index in [9.17, 15) is 13.2 Å². The summed E-state index contributed by atoms with van der Waals surface area (Å²) in [7, 11) is -3.74. The van der Waals surface area contributed by atoms with Gasteiger partial charge in [-0.15, -0.1) is 11.8 Å². The fourth-order valence-corrected chi connectivity index (χ4v) is 3.55. The minimum Gasteiger partial charge on any atom is -0.325 e. The van der Waals surface area contributed by atoms with Crippen LogP contribution in [0, 0.1) is 0 Å². The Labute approximate surface area is 150 Å². The van der Waals surface area contributed by atoms with Gasteiger partial charge >= 0.3 is 0 Å². The summed E-state index contributed by atoms with van der Waals surface area (Å²) in [6.45, 7) is 1.93. The lowest BCUT2D eigenvalue weighted by atomic mass is 10.3. The van der Waals surface area contributed by atoms with E-state index in [-0.39, 0.29) is 16.1 Å². The zero-order chi connectivity index (χ0) is 17.7. The molecule has 0 spiro atoms. The fraction of sp³-hybridized carbons (Fsp3) is 0.188. The van der Waals surface area contributed by atoms with E-state index >= 15 is 0 Å². The van der Waals surface area contributed by atoms with Crippen molar-refractivity contribution in [2.24, 2.45) is 5.14 Å². The highest BCUT2D eigenvalue weighted by molar-refractivity contribution is 8.00. The third-order valence-corrected chi connectivity index (χ3v) is 5.76. The normalized spacial score (nSPS) is 12.6. The second kappa shape index (κ2) is 8.02. The quantitative estimate of drug-likeness (QED) is 0.746. The van der Waals surface area contributed by atoms with Gasteiger partial charge in [0.1, 0.15) is 0 Å². The van der Waals surface area contributed by atoms with Crippen LogP contribution in [0.5, 0.6) is 0 Å². The molecule has 2 rings (SSSR count). The number of thioether (sulfide) groups is 1. The number of rotatable bonds is 6. The number of nitrogens with one attached hydrogen (secondary N) is 1. The molecule has 0 aliphatic rings. The molecule has 128 valence electrons. The Morgan fingerprint density at radius 3 is 2.25 bits per heavy atom. The Bertz CT molecular complexity index is 806. The lowest BCUT2D eigenvalue weighted by Gasteiger charge is -2.15. The van der Waals surface area contributed by atoms with Crippen LogP contribution in [0.1, 0.15) is 13.3 Å². The molecule has 1 unspecified atom stereocenters. The average Bonchev–Trinajstić information content (AvgIpc) is 2.54. The van der Waals surface area contributed by atoms with Crippen LogP contribution in [0.15, 0.2) is 58.3 Å². The molecule has 2 aromatic carbocycles. The number of hydrogen-bond donors (Lipinski definition) is 2. The summed E-state index contributed by atoms with van der Waals surface area (Å²) in [5.41, 5.74) is 0.516. The number of amides is 1. The molecule has 5 nitrogen and oxygen atoms in total. The van der Waals surface area contributed by atoms with Crippen LogP contribution in [0.4, 0.5) is 5.69 Å². The van der Waals surface area contributed by atoms with E-state index in [0.717, 1.165) is 4.90 Å². The van der Waals surface area contributed by atoms with E-state index in [1.54, 1.807) is 12.1 Å². The SMILES string of the molecule is CCC(Sc1ccc(Cl)cc1)C(=O)Nc1ccc(S(N)(=O)=O)cc1. The van der Waals surface area contributed by atoms with Crippen molar-refractivity contribution in [2.75, 3.05) is 5.32 Å². The first kappa shape index (κ1) is 18.8. The largest absolute Gasteiger partial charge is 0.325 e. The van der Waals surface area contributed by atoms with Crippen LogP contribution >= 0.6 is 23.4 Å². The molecule has 0 aliphatic carbocycles. The van der Waals surface area contributed by atoms with Crippen LogP contribution in [0.3, 0.4) is 0 Å². The minimum atomic E-state index is -3.74. The average molecular weight is 385 g/mol. The second-order valence-electron chi connectivity index (χ2n) is 5.03. The number of carbonyl (C=O) groups is 1. The van der Waals surface area contributed by atoms with Crippen LogP contribution in [-0.2, 0) is 14.8 Å². The molecule has 0 radical (unpaired) electrons. The molecule has 0 aliphatic heterocycles. The molecule has 0 saturated carbocycles. The molecule has 0 saturated heterocycles. The molecule has 2 aromatic rings. The molecular weight excluding hydrogens is 368 g/mol. The lowest BCUT2D eigenvalue weighted by Crippen LogP contribution is -2.24. The van der Waals surface area contributed by atoms with Gasteiger partial charge < -0.3 is 5.32 Å². The second-order valence-corrected chi connectivity index (χ2v) is 8.30. The number of halogens is 1. The zero-order valence-corrected chi connectivity index (χ0v) is 15.3. The molecule has 3 N–H and O–H groups in total. The third-order valence-electron chi connectivity index (χ3n) is 3.21. The van der Waals surface area contributed by atoms with Gasteiger partial charge in [-0.25, -0.2) is 13.6 Å². The van der Waals surface area contributed by atoms with Crippen molar-refractivity contribution in [1.29, 1.82) is 0 Å². The maximum atomic E-state index is 12.4. The van der Waals surface area contributed by atoms with Gasteiger partial charge in [-0.3, -0.25) is 4.79 Å². The van der Waals surface area contributed by atoms with Gasteiger partial charge in [0.25, 0.3) is 0 Å². The van der Waals surface area contributed by atoms with Gasteiger partial charge in [0, 0.05) is 15.6 Å². The van der Waals surface area contributed by atoms with E-state index < -0.39 is 10.0 Å². The van der Waals surface area contributed by atoms with E-state index in [2.05, 4.69) is 5.32 Å². The Morgan fingerprint density at radius 2 is 1.75 bits per heavy atom. The molecule has 0 bridgehead atoms. The van der Waals surface area contributed by atoms with Gasteiger partial charge in [-0.05, 0) is 55.0 Å². The van der Waals surface area contributed by atoms with Crippen molar-refractivity contribution in [3.8, 4) is 0 Å². The van der Waals surface area contributed by atoms with E-state index in [4.69, 9.17) is 16.7 Å². The molecule has 0 aromatic heterocycles. The third kappa shape index (κ3) is 5.24. The maximum Gasteiger partial charge on any atom is 0.238 e. The minimum absolute atomic E-state index is 0.00285. The highest BCUT2D eigenvalue weighted by atomic mass is 35.5. The molecule has 0 fully saturated rings. The van der Waals surface area contributed by atoms with E-state index in [1.807, 2.05) is 19.1 Å². The molecule has 0 heterocycles. The summed E-state index contributed by atoms with van der Waals surface area (Å²) >= 11 is 7.30. The summed E-state index contributed by atoms with van der Waals surface area (Å²) in [5, 5.41) is 8.20. The highest BCUT2D eigenvalue weighted by Gasteiger charge is 2.18. The molecule has 24 heavy (non-hydrogen) atoms. The van der Waals surface area contributed by atoms with Crippen molar-refractivity contribution < 1.29 is 13.2 Å². The Kier molecular flexibility index (Phi) is 6.28. The summed E-state index contributed by atoms with van der Waals surface area (Å²) in [6.07, 6.45) is 0.647. The van der Waals surface area contributed by atoms with Crippen molar-refractivity contribution in [3.05, 3.63) is 53.6 Å². The smallest absolute Gasteiger partial charge is 0.238 e. The lowest BCUT2D eigenvalue weighted by molar-refractivity contribution is -0.115. The van der Waals surface area contributed by atoms with Gasteiger partial charge in [0.2, 0.25) is 15.9 Å². The monoisotopic (exact) mass is 384 g/mol. The first-order chi connectivity index (χ1) is 11.3. The number of hydrogen-bond acceptors (Lipinski definition) is 4. The molecular formula is C16H17ClN2O3S2. The zero-order valence-electron chi connectivity index (χ0n) is 12.9. The number of benzene rings is 2. The maximum absolute atomic E-state index is 12.4. The highest BCUT2D eigenvalue weighted by Crippen LogP contribution is 2.27. The van der Waals surface area contributed by atoms with Gasteiger partial charge in [-0.2, -0.15) is 0 Å². The van der Waals surface area contributed by atoms with Gasteiger partial charge in [0.05, 0.1) is 10.1 Å². The number of carbonyl (C=O) groups excluding carboxylic acids is 1. The predicted octanol–water partition coefficient (Wildman–Crippen LogP) is 3.50. The number of primary sulfonamides is 1. The standard InChI is InChI=1S/C16H17ClN2O3S2/c1-2-15(23-13-7-3-11(17)4-8-13)16(20)19-12-5-9-14(10-6-12)24(18,21)22/h3-10,15H,2H2,1H3,(H,19,20)(H2,18,21,22). The van der Waals surface area contributed by atoms with E-state index in [0.29, 0.717) is 17.1 Å². The van der Waals surface area contributed by atoms with Gasteiger partial charge in [0.15, 0.2) is 0 Å². The van der Waals surface area contributed by atoms with Crippen molar-refractivity contribution in [3.63, 3.8) is 0 Å². The van der Waals surface area contributed by atoms with Crippen molar-refractivity contribution >= 4 is 45.0 Å². The Hall–Kier alpha value is -1.54. The fourth-order valence-electron chi connectivity index (χ4n) is 1.95. The van der Waals surface area contributed by atoms with Gasteiger partial charge in [-0.1, -0.05) is 18.5 Å². The summed E-state index contributed by atoms with van der Waals surface area (Å²) in [5.74, 6) is -0.152. The van der Waals surface area contributed by atoms with Crippen LogP contribution in [-0.4, -0.2) is 19.6 Å². The Balaban J connectivity index is 2.05. The number of sulfonamides is 1. The number of nitrogens with two attached hydrogens (primary N) is 1. The number of anilines is 1. The van der Waals surface area contributed by atoms with Crippen molar-refractivity contribution in [1.82, 2.24) is 0 Å². The van der Waals surface area contributed by atoms with Crippen LogP contribution in [0.25, 0.3) is 0 Å². The predicted molar refractivity (Wildman–Crippen MR) is 97.8 cm³/mol. The first-order valence-corrected chi connectivity index (χ1v) is 9.96. The molecule has 8 heteroatoms. The molecule has 1 atom stereocenters. The first-order valence-electron chi connectivity index (χ1n) is 7.15. The van der Waals surface area contributed by atoms with Crippen LogP contribution in [0.2, 0.25) is 5.02 Å². The molecule has 1 amide bonds. The Morgan fingerprint density at radius 1 is 1.17 bits per heavy atom. The van der Waals surface area contributed by atoms with Crippen LogP contribution < -0.4 is 10.5 Å².